The summed E-state index contributed by atoms with van der Waals surface area (Å²) in [5, 5.41) is 0. The van der Waals surface area contributed by atoms with Crippen molar-refractivity contribution in [2.24, 2.45) is 11.5 Å². The van der Waals surface area contributed by atoms with Gasteiger partial charge in [-0.15, -0.1) is 0 Å². The Morgan fingerprint density at radius 3 is 3.00 bits per heavy atom. The maximum atomic E-state index is 13.6. The summed E-state index contributed by atoms with van der Waals surface area (Å²) in [4.78, 5) is 13.3. The Kier molecular flexibility index (Phi) is 5.28. The second kappa shape index (κ2) is 7.18. The number of primary amides is 1. The molecule has 1 saturated heterocycles. The standard InChI is InChI=1S/C15H18FN3O2/c16-13-7-11(2-1-3-17)6-12(8-13)9-19-4-5-21-10-14(19)15(18)20/h6-8,14H,3-5,9-10,17H2,(H2,18,20). The molecule has 1 unspecified atom stereocenters. The Labute approximate surface area is 123 Å². The van der Waals surface area contributed by atoms with Crippen LogP contribution >= 0.6 is 0 Å². The molecule has 1 aliphatic heterocycles. The first-order valence-electron chi connectivity index (χ1n) is 6.69. The van der Waals surface area contributed by atoms with Gasteiger partial charge in [0.1, 0.15) is 11.9 Å². The van der Waals surface area contributed by atoms with E-state index >= 15 is 0 Å². The fourth-order valence-corrected chi connectivity index (χ4v) is 2.29. The molecule has 6 heteroatoms. The summed E-state index contributed by atoms with van der Waals surface area (Å²) in [7, 11) is 0. The number of hydrogen-bond acceptors (Lipinski definition) is 4. The van der Waals surface area contributed by atoms with Gasteiger partial charge in [-0.2, -0.15) is 0 Å². The highest BCUT2D eigenvalue weighted by molar-refractivity contribution is 5.80. The predicted octanol–water partition coefficient (Wildman–Crippen LogP) is -0.178. The Morgan fingerprint density at radius 1 is 1.48 bits per heavy atom. The fourth-order valence-electron chi connectivity index (χ4n) is 2.29. The molecule has 1 aromatic carbocycles. The van der Waals surface area contributed by atoms with Crippen molar-refractivity contribution in [1.29, 1.82) is 0 Å². The van der Waals surface area contributed by atoms with E-state index in [1.165, 1.54) is 12.1 Å². The summed E-state index contributed by atoms with van der Waals surface area (Å²) in [6.07, 6.45) is 0. The smallest absolute Gasteiger partial charge is 0.237 e. The third-order valence-electron chi connectivity index (χ3n) is 3.25. The van der Waals surface area contributed by atoms with Crippen LogP contribution < -0.4 is 11.5 Å². The lowest BCUT2D eigenvalue weighted by Gasteiger charge is -2.33. The molecule has 0 spiro atoms. The number of carbonyl (C=O) groups excluding carboxylic acids is 1. The summed E-state index contributed by atoms with van der Waals surface area (Å²) in [5.41, 5.74) is 12.0. The molecular formula is C15H18FN3O2. The lowest BCUT2D eigenvalue weighted by molar-refractivity contribution is -0.129. The van der Waals surface area contributed by atoms with Gasteiger partial charge in [0.15, 0.2) is 0 Å². The minimum Gasteiger partial charge on any atom is -0.378 e. The third kappa shape index (κ3) is 4.26. The Morgan fingerprint density at radius 2 is 2.29 bits per heavy atom. The van der Waals surface area contributed by atoms with Crippen LogP contribution in [0.15, 0.2) is 18.2 Å². The van der Waals surface area contributed by atoms with Gasteiger partial charge in [-0.1, -0.05) is 11.8 Å². The molecule has 1 aromatic rings. The van der Waals surface area contributed by atoms with Crippen molar-refractivity contribution in [3.8, 4) is 11.8 Å². The normalized spacial score (nSPS) is 18.9. The zero-order valence-corrected chi connectivity index (χ0v) is 11.6. The van der Waals surface area contributed by atoms with Crippen LogP contribution in [0.25, 0.3) is 0 Å². The number of hydrogen-bond donors (Lipinski definition) is 2. The minimum absolute atomic E-state index is 0.221. The van der Waals surface area contributed by atoms with Crippen LogP contribution in [0, 0.1) is 17.7 Å². The van der Waals surface area contributed by atoms with E-state index in [4.69, 9.17) is 16.2 Å². The Hall–Kier alpha value is -1.94. The van der Waals surface area contributed by atoms with Crippen molar-refractivity contribution in [2.45, 2.75) is 12.6 Å². The van der Waals surface area contributed by atoms with Gasteiger partial charge in [-0.25, -0.2) is 4.39 Å². The number of nitrogens with zero attached hydrogens (tertiary/aromatic N) is 1. The molecule has 2 rings (SSSR count). The number of morpholine rings is 1. The van der Waals surface area contributed by atoms with E-state index in [1.807, 2.05) is 4.90 Å². The highest BCUT2D eigenvalue weighted by atomic mass is 19.1. The number of carbonyl (C=O) groups is 1. The summed E-state index contributed by atoms with van der Waals surface area (Å²) >= 11 is 0. The highest BCUT2D eigenvalue weighted by Crippen LogP contribution is 2.15. The first-order chi connectivity index (χ1) is 10.1. The van der Waals surface area contributed by atoms with E-state index in [9.17, 15) is 9.18 Å². The average molecular weight is 291 g/mol. The predicted molar refractivity (Wildman–Crippen MR) is 76.5 cm³/mol. The molecule has 1 aliphatic rings. The molecule has 5 nitrogen and oxygen atoms in total. The number of rotatable bonds is 3. The molecule has 0 aliphatic carbocycles. The summed E-state index contributed by atoms with van der Waals surface area (Å²) in [5.74, 6) is 4.70. The summed E-state index contributed by atoms with van der Waals surface area (Å²) in [6.45, 7) is 2.02. The molecule has 0 radical (unpaired) electrons. The third-order valence-corrected chi connectivity index (χ3v) is 3.25. The van der Waals surface area contributed by atoms with E-state index in [1.54, 1.807) is 6.07 Å². The van der Waals surface area contributed by atoms with E-state index in [0.29, 0.717) is 25.3 Å². The van der Waals surface area contributed by atoms with Gasteiger partial charge in [-0.3, -0.25) is 9.69 Å². The number of nitrogens with two attached hydrogens (primary N) is 2. The molecule has 1 atom stereocenters. The van der Waals surface area contributed by atoms with Crippen LogP contribution in [-0.4, -0.2) is 43.2 Å². The highest BCUT2D eigenvalue weighted by Gasteiger charge is 2.27. The molecule has 0 bridgehead atoms. The second-order valence-corrected chi connectivity index (χ2v) is 4.82. The Balaban J connectivity index is 2.17. The zero-order valence-electron chi connectivity index (χ0n) is 11.6. The topological polar surface area (TPSA) is 81.6 Å². The van der Waals surface area contributed by atoms with Gasteiger partial charge in [0.05, 0.1) is 19.8 Å². The van der Waals surface area contributed by atoms with Crippen molar-refractivity contribution in [3.05, 3.63) is 35.1 Å². The molecule has 21 heavy (non-hydrogen) atoms. The molecule has 1 amide bonds. The maximum Gasteiger partial charge on any atom is 0.237 e. The first-order valence-corrected chi connectivity index (χ1v) is 6.69. The van der Waals surface area contributed by atoms with Gasteiger partial charge in [0.2, 0.25) is 5.91 Å². The largest absolute Gasteiger partial charge is 0.378 e. The Bertz CT molecular complexity index is 580. The molecule has 1 heterocycles. The number of benzene rings is 1. The molecule has 0 aromatic heterocycles. The van der Waals surface area contributed by atoms with Crippen molar-refractivity contribution in [3.63, 3.8) is 0 Å². The van der Waals surface area contributed by atoms with E-state index < -0.39 is 11.9 Å². The van der Waals surface area contributed by atoms with Crippen LogP contribution in [0.4, 0.5) is 4.39 Å². The summed E-state index contributed by atoms with van der Waals surface area (Å²) < 4.78 is 18.9. The molecule has 0 saturated carbocycles. The zero-order chi connectivity index (χ0) is 15.2. The second-order valence-electron chi connectivity index (χ2n) is 4.82. The van der Waals surface area contributed by atoms with Crippen LogP contribution in [0.5, 0.6) is 0 Å². The first kappa shape index (κ1) is 15.4. The van der Waals surface area contributed by atoms with E-state index in [0.717, 1.165) is 5.56 Å². The lowest BCUT2D eigenvalue weighted by Crippen LogP contribution is -2.51. The SMILES string of the molecule is NCC#Cc1cc(F)cc(CN2CCOCC2C(N)=O)c1. The van der Waals surface area contributed by atoms with Crippen molar-refractivity contribution in [2.75, 3.05) is 26.3 Å². The van der Waals surface area contributed by atoms with E-state index in [2.05, 4.69) is 11.8 Å². The summed E-state index contributed by atoms with van der Waals surface area (Å²) in [6, 6.07) is 4.10. The minimum atomic E-state index is -0.486. The van der Waals surface area contributed by atoms with Crippen molar-refractivity contribution < 1.29 is 13.9 Å². The molecule has 4 N–H and O–H groups in total. The average Bonchev–Trinajstić information content (AvgIpc) is 2.45. The van der Waals surface area contributed by atoms with Gasteiger partial charge < -0.3 is 16.2 Å². The van der Waals surface area contributed by atoms with Gasteiger partial charge in [-0.05, 0) is 23.8 Å². The molecular weight excluding hydrogens is 273 g/mol. The number of ether oxygens (including phenoxy) is 1. The molecule has 1 fully saturated rings. The number of halogens is 1. The molecule has 112 valence electrons. The number of amides is 1. The fraction of sp³-hybridized carbons (Fsp3) is 0.400. The van der Waals surface area contributed by atoms with Crippen molar-refractivity contribution >= 4 is 5.91 Å². The van der Waals surface area contributed by atoms with Gasteiger partial charge in [0, 0.05) is 18.7 Å². The van der Waals surface area contributed by atoms with Crippen LogP contribution in [0.1, 0.15) is 11.1 Å². The van der Waals surface area contributed by atoms with Crippen LogP contribution in [0.2, 0.25) is 0 Å². The maximum absolute atomic E-state index is 13.6. The van der Waals surface area contributed by atoms with E-state index in [-0.39, 0.29) is 19.0 Å². The van der Waals surface area contributed by atoms with Crippen molar-refractivity contribution in [1.82, 2.24) is 4.90 Å². The van der Waals surface area contributed by atoms with Gasteiger partial charge in [0.25, 0.3) is 0 Å². The monoisotopic (exact) mass is 291 g/mol. The quantitative estimate of drug-likeness (QED) is 0.757. The van der Waals surface area contributed by atoms with Crippen LogP contribution in [0.3, 0.4) is 0 Å². The lowest BCUT2D eigenvalue weighted by atomic mass is 10.1. The van der Waals surface area contributed by atoms with Gasteiger partial charge >= 0.3 is 0 Å². The van der Waals surface area contributed by atoms with Crippen LogP contribution in [-0.2, 0) is 16.1 Å².